The van der Waals surface area contributed by atoms with E-state index in [4.69, 9.17) is 9.47 Å². The molecule has 0 radical (unpaired) electrons. The van der Waals surface area contributed by atoms with E-state index in [0.717, 1.165) is 12.1 Å². The van der Waals surface area contributed by atoms with Crippen LogP contribution in [0, 0.1) is 5.92 Å². The molecule has 0 bridgehead atoms. The van der Waals surface area contributed by atoms with Crippen LogP contribution in [-0.4, -0.2) is 33.5 Å². The van der Waals surface area contributed by atoms with Crippen molar-refractivity contribution in [3.63, 3.8) is 0 Å². The summed E-state index contributed by atoms with van der Waals surface area (Å²) in [7, 11) is 1.58. The molecule has 0 aliphatic heterocycles. The zero-order valence-corrected chi connectivity index (χ0v) is 20.6. The minimum Gasteiger partial charge on any atom is -0.497 e. The van der Waals surface area contributed by atoms with Gasteiger partial charge in [0, 0.05) is 18.3 Å². The Morgan fingerprint density at radius 3 is 2.40 bits per heavy atom. The number of carbonyl (C=O) groups is 1. The number of ether oxygens (including phenoxy) is 2. The molecule has 188 valence electrons. The molecule has 0 aliphatic carbocycles. The zero-order chi connectivity index (χ0) is 25.6. The number of rotatable bonds is 10. The molecule has 1 amide bonds. The Morgan fingerprint density at radius 1 is 1.09 bits per heavy atom. The summed E-state index contributed by atoms with van der Waals surface area (Å²) in [5.74, 6) is 1.86. The van der Waals surface area contributed by atoms with E-state index in [-0.39, 0.29) is 23.3 Å². The summed E-state index contributed by atoms with van der Waals surface area (Å²) in [5.41, 5.74) is -0.488. The van der Waals surface area contributed by atoms with Crippen molar-refractivity contribution in [1.82, 2.24) is 14.8 Å². The quantitative estimate of drug-likeness (QED) is 0.347. The largest absolute Gasteiger partial charge is 0.497 e. The molecule has 1 unspecified atom stereocenters. The van der Waals surface area contributed by atoms with Crippen LogP contribution in [0.25, 0.3) is 0 Å². The monoisotopic (exact) mass is 508 g/mol. The van der Waals surface area contributed by atoms with E-state index in [2.05, 4.69) is 29.4 Å². The normalized spacial score (nSPS) is 12.5. The van der Waals surface area contributed by atoms with E-state index in [0.29, 0.717) is 29.0 Å². The second-order valence-corrected chi connectivity index (χ2v) is 9.14. The molecule has 35 heavy (non-hydrogen) atoms. The fourth-order valence-corrected chi connectivity index (χ4v) is 4.00. The van der Waals surface area contributed by atoms with Crippen LogP contribution >= 0.6 is 11.8 Å². The van der Waals surface area contributed by atoms with Crippen LogP contribution in [0.4, 0.5) is 18.9 Å². The number of anilines is 1. The maximum atomic E-state index is 12.7. The van der Waals surface area contributed by atoms with Gasteiger partial charge in [-0.1, -0.05) is 31.7 Å². The minimum atomic E-state index is -4.43. The number of alkyl halides is 3. The second-order valence-electron chi connectivity index (χ2n) is 8.20. The molecule has 1 heterocycles. The van der Waals surface area contributed by atoms with Gasteiger partial charge in [-0.15, -0.1) is 10.2 Å². The summed E-state index contributed by atoms with van der Waals surface area (Å²) in [6, 6.07) is 11.6. The number of hydrogen-bond donors (Lipinski definition) is 1. The number of hydrogen-bond acceptors (Lipinski definition) is 6. The van der Waals surface area contributed by atoms with Crippen LogP contribution in [0.15, 0.2) is 53.7 Å². The Balaban J connectivity index is 1.67. The Labute approximate surface area is 206 Å². The van der Waals surface area contributed by atoms with Gasteiger partial charge in [-0.3, -0.25) is 4.79 Å². The molecular weight excluding hydrogens is 481 g/mol. The Bertz CT molecular complexity index is 1130. The van der Waals surface area contributed by atoms with Gasteiger partial charge in [-0.25, -0.2) is 0 Å². The topological polar surface area (TPSA) is 78.3 Å². The van der Waals surface area contributed by atoms with Crippen LogP contribution in [0.2, 0.25) is 0 Å². The van der Waals surface area contributed by atoms with Gasteiger partial charge in [0.1, 0.15) is 11.5 Å². The highest BCUT2D eigenvalue weighted by Gasteiger charge is 2.30. The van der Waals surface area contributed by atoms with Crippen molar-refractivity contribution in [3.05, 3.63) is 59.9 Å². The first-order valence-electron chi connectivity index (χ1n) is 10.9. The first-order valence-corrected chi connectivity index (χ1v) is 11.9. The van der Waals surface area contributed by atoms with Crippen LogP contribution in [-0.2, 0) is 17.5 Å². The van der Waals surface area contributed by atoms with E-state index >= 15 is 0 Å². The highest BCUT2D eigenvalue weighted by Crippen LogP contribution is 2.30. The molecule has 3 aromatic rings. The minimum absolute atomic E-state index is 0.0162. The first-order chi connectivity index (χ1) is 16.6. The lowest BCUT2D eigenvalue weighted by atomic mass is 10.2. The van der Waals surface area contributed by atoms with Crippen molar-refractivity contribution in [1.29, 1.82) is 0 Å². The van der Waals surface area contributed by atoms with E-state index < -0.39 is 17.8 Å². The molecule has 3 rings (SSSR count). The third-order valence-electron chi connectivity index (χ3n) is 4.84. The molecule has 1 N–H and O–H groups in total. The van der Waals surface area contributed by atoms with Crippen molar-refractivity contribution in [3.8, 4) is 11.5 Å². The van der Waals surface area contributed by atoms with E-state index in [1.807, 2.05) is 29.7 Å². The maximum absolute atomic E-state index is 12.7. The molecule has 1 atom stereocenters. The number of benzene rings is 2. The van der Waals surface area contributed by atoms with Gasteiger partial charge in [0.25, 0.3) is 0 Å². The lowest BCUT2D eigenvalue weighted by Crippen LogP contribution is -2.17. The van der Waals surface area contributed by atoms with Crippen LogP contribution < -0.4 is 14.8 Å². The average Bonchev–Trinajstić information content (AvgIpc) is 3.19. The van der Waals surface area contributed by atoms with Gasteiger partial charge in [0.15, 0.2) is 17.1 Å². The maximum Gasteiger partial charge on any atom is 0.416 e. The molecule has 7 nitrogen and oxygen atoms in total. The third kappa shape index (κ3) is 7.38. The van der Waals surface area contributed by atoms with Crippen molar-refractivity contribution in [2.75, 3.05) is 18.2 Å². The zero-order valence-electron chi connectivity index (χ0n) is 19.8. The number of amides is 1. The van der Waals surface area contributed by atoms with Crippen molar-refractivity contribution in [2.45, 2.75) is 44.8 Å². The molecule has 0 aliphatic rings. The molecule has 1 aromatic heterocycles. The summed E-state index contributed by atoms with van der Waals surface area (Å²) >= 11 is 1.20. The number of aromatic nitrogens is 3. The summed E-state index contributed by atoms with van der Waals surface area (Å²) < 4.78 is 51.3. The Morgan fingerprint density at radius 2 is 1.77 bits per heavy atom. The third-order valence-corrected chi connectivity index (χ3v) is 5.81. The second kappa shape index (κ2) is 11.5. The summed E-state index contributed by atoms with van der Waals surface area (Å²) in [5, 5.41) is 11.7. The number of carbonyl (C=O) groups excluding carboxylic acids is 1. The smallest absolute Gasteiger partial charge is 0.416 e. The van der Waals surface area contributed by atoms with Gasteiger partial charge in [-0.05, 0) is 49.2 Å². The van der Waals surface area contributed by atoms with Crippen molar-refractivity contribution in [2.24, 2.45) is 5.92 Å². The molecule has 0 saturated carbocycles. The van der Waals surface area contributed by atoms with Gasteiger partial charge in [0.05, 0.1) is 18.4 Å². The van der Waals surface area contributed by atoms with Crippen molar-refractivity contribution >= 4 is 23.4 Å². The standard InChI is InChI=1S/C24H27F3N4O3S/c1-15(2)13-31-22(16(3)34-20-7-5-6-19(12-20)33-4)29-30-23(31)35-14-21(32)28-18-10-8-17(9-11-18)24(25,26)27/h5-12,15-16H,13-14H2,1-4H3,(H,28,32). The highest BCUT2D eigenvalue weighted by atomic mass is 32.2. The van der Waals surface area contributed by atoms with E-state index in [9.17, 15) is 18.0 Å². The van der Waals surface area contributed by atoms with Crippen LogP contribution in [0.3, 0.4) is 0 Å². The predicted octanol–water partition coefficient (Wildman–Crippen LogP) is 5.83. The van der Waals surface area contributed by atoms with Crippen molar-refractivity contribution < 1.29 is 27.4 Å². The lowest BCUT2D eigenvalue weighted by Gasteiger charge is -2.18. The molecule has 2 aromatic carbocycles. The first kappa shape index (κ1) is 26.4. The molecule has 11 heteroatoms. The van der Waals surface area contributed by atoms with Crippen LogP contribution in [0.1, 0.15) is 38.3 Å². The van der Waals surface area contributed by atoms with Gasteiger partial charge >= 0.3 is 6.18 Å². The molecular formula is C24H27F3N4O3S. The number of halogens is 3. The highest BCUT2D eigenvalue weighted by molar-refractivity contribution is 7.99. The van der Waals surface area contributed by atoms with Gasteiger partial charge in [-0.2, -0.15) is 13.2 Å². The van der Waals surface area contributed by atoms with Gasteiger partial charge in [0.2, 0.25) is 5.91 Å². The number of nitrogens with one attached hydrogen (secondary N) is 1. The average molecular weight is 509 g/mol. The fraction of sp³-hybridized carbons (Fsp3) is 0.375. The molecule has 0 fully saturated rings. The summed E-state index contributed by atoms with van der Waals surface area (Å²) in [6.45, 7) is 6.61. The fourth-order valence-electron chi connectivity index (χ4n) is 3.25. The number of thioether (sulfide) groups is 1. The Kier molecular flexibility index (Phi) is 8.66. The predicted molar refractivity (Wildman–Crippen MR) is 128 cm³/mol. The van der Waals surface area contributed by atoms with Gasteiger partial charge < -0.3 is 19.4 Å². The summed E-state index contributed by atoms with van der Waals surface area (Å²) in [4.78, 5) is 12.4. The molecule has 0 saturated heterocycles. The lowest BCUT2D eigenvalue weighted by molar-refractivity contribution is -0.137. The van der Waals surface area contributed by atoms with E-state index in [1.54, 1.807) is 13.2 Å². The SMILES string of the molecule is COc1cccc(OC(C)c2nnc(SCC(=O)Nc3ccc(C(F)(F)F)cc3)n2CC(C)C)c1. The summed E-state index contributed by atoms with van der Waals surface area (Å²) in [6.07, 6.45) is -4.84. The molecule has 0 spiro atoms. The Hall–Kier alpha value is -3.21. The van der Waals surface area contributed by atoms with Crippen LogP contribution in [0.5, 0.6) is 11.5 Å². The van der Waals surface area contributed by atoms with E-state index in [1.165, 1.54) is 23.9 Å². The number of nitrogens with zero attached hydrogens (tertiary/aromatic N) is 3. The number of methoxy groups -OCH3 is 1.